The van der Waals surface area contributed by atoms with E-state index < -0.39 is 5.82 Å². The van der Waals surface area contributed by atoms with Crippen molar-refractivity contribution >= 4 is 23.0 Å². The van der Waals surface area contributed by atoms with Gasteiger partial charge in [-0.1, -0.05) is 23.7 Å². The molecule has 0 saturated carbocycles. The van der Waals surface area contributed by atoms with Gasteiger partial charge in [0.25, 0.3) is 0 Å². The van der Waals surface area contributed by atoms with Crippen molar-refractivity contribution in [2.24, 2.45) is 0 Å². The molecule has 0 bridgehead atoms. The maximum absolute atomic E-state index is 13.5. The van der Waals surface area contributed by atoms with Gasteiger partial charge in [-0.2, -0.15) is 5.26 Å². The van der Waals surface area contributed by atoms with Crippen molar-refractivity contribution in [2.75, 3.05) is 5.32 Å². The lowest BCUT2D eigenvalue weighted by atomic mass is 10.1. The molecule has 0 atom stereocenters. The quantitative estimate of drug-likeness (QED) is 0.861. The predicted octanol–water partition coefficient (Wildman–Crippen LogP) is 4.71. The van der Waals surface area contributed by atoms with Crippen LogP contribution in [0.25, 0.3) is 0 Å². The Morgan fingerprint density at radius 1 is 1.26 bits per heavy atom. The van der Waals surface area contributed by atoms with Gasteiger partial charge < -0.3 is 5.32 Å². The Morgan fingerprint density at radius 3 is 2.63 bits per heavy atom. The highest BCUT2D eigenvalue weighted by Crippen LogP contribution is 2.31. The first kappa shape index (κ1) is 13.4. The molecule has 1 N–H and O–H groups in total. The van der Waals surface area contributed by atoms with E-state index in [9.17, 15) is 4.39 Å². The summed E-state index contributed by atoms with van der Waals surface area (Å²) in [4.78, 5) is 0. The second-order valence-electron chi connectivity index (χ2n) is 4.34. The van der Waals surface area contributed by atoms with Crippen LogP contribution in [0.1, 0.15) is 16.7 Å². The number of hydrogen-bond donors (Lipinski definition) is 1. The van der Waals surface area contributed by atoms with Gasteiger partial charge in [-0.3, -0.25) is 0 Å². The summed E-state index contributed by atoms with van der Waals surface area (Å²) in [6.45, 7) is 3.86. The van der Waals surface area contributed by atoms with Gasteiger partial charge in [-0.05, 0) is 43.2 Å². The third kappa shape index (κ3) is 2.69. The van der Waals surface area contributed by atoms with Crippen LogP contribution < -0.4 is 5.32 Å². The summed E-state index contributed by atoms with van der Waals surface area (Å²) in [7, 11) is 0. The summed E-state index contributed by atoms with van der Waals surface area (Å²) < 4.78 is 13.5. The molecule has 0 saturated heterocycles. The number of hydrogen-bond acceptors (Lipinski definition) is 2. The molecule has 0 spiro atoms. The molecule has 0 aromatic heterocycles. The topological polar surface area (TPSA) is 35.8 Å². The number of benzene rings is 2. The molecule has 2 nitrogen and oxygen atoms in total. The van der Waals surface area contributed by atoms with Crippen LogP contribution in [0.4, 0.5) is 15.8 Å². The zero-order valence-electron chi connectivity index (χ0n) is 10.6. The minimum atomic E-state index is -0.548. The minimum absolute atomic E-state index is 0.0152. The summed E-state index contributed by atoms with van der Waals surface area (Å²) >= 11 is 6.18. The van der Waals surface area contributed by atoms with E-state index in [-0.39, 0.29) is 5.56 Å². The first-order valence-corrected chi connectivity index (χ1v) is 6.13. The molecule has 96 valence electrons. The number of nitriles is 1. The van der Waals surface area contributed by atoms with E-state index in [0.717, 1.165) is 11.1 Å². The molecule has 0 radical (unpaired) electrons. The van der Waals surface area contributed by atoms with Crippen LogP contribution in [0.3, 0.4) is 0 Å². The van der Waals surface area contributed by atoms with Gasteiger partial charge in [0.2, 0.25) is 0 Å². The molecule has 0 aliphatic rings. The molecule has 0 amide bonds. The highest BCUT2D eigenvalue weighted by atomic mass is 35.5. The Hall–Kier alpha value is -2.05. The SMILES string of the molecule is Cc1cc(C)c(Nc2cccc(F)c2C#N)c(Cl)c1. The smallest absolute Gasteiger partial charge is 0.143 e. The number of nitrogens with one attached hydrogen (secondary N) is 1. The standard InChI is InChI=1S/C15H12ClFN2/c1-9-6-10(2)15(12(16)7-9)19-14-5-3-4-13(17)11(14)8-18/h3-7,19H,1-2H3. The Kier molecular flexibility index (Phi) is 3.73. The van der Waals surface area contributed by atoms with Crippen molar-refractivity contribution in [1.82, 2.24) is 0 Å². The zero-order valence-corrected chi connectivity index (χ0v) is 11.3. The fourth-order valence-corrected chi connectivity index (χ4v) is 2.32. The number of halogens is 2. The lowest BCUT2D eigenvalue weighted by Crippen LogP contribution is -1.99. The van der Waals surface area contributed by atoms with Crippen LogP contribution in [-0.2, 0) is 0 Å². The van der Waals surface area contributed by atoms with Gasteiger partial charge in [-0.15, -0.1) is 0 Å². The third-order valence-corrected chi connectivity index (χ3v) is 3.11. The molecule has 0 heterocycles. The van der Waals surface area contributed by atoms with Gasteiger partial charge in [0.1, 0.15) is 17.4 Å². The fraction of sp³-hybridized carbons (Fsp3) is 0.133. The monoisotopic (exact) mass is 274 g/mol. The lowest BCUT2D eigenvalue weighted by Gasteiger charge is -2.13. The van der Waals surface area contributed by atoms with Crippen molar-refractivity contribution in [3.63, 3.8) is 0 Å². The van der Waals surface area contributed by atoms with E-state index in [1.165, 1.54) is 6.07 Å². The van der Waals surface area contributed by atoms with E-state index in [0.29, 0.717) is 16.4 Å². The summed E-state index contributed by atoms with van der Waals surface area (Å²) in [5.41, 5.74) is 3.08. The van der Waals surface area contributed by atoms with Crippen molar-refractivity contribution in [1.29, 1.82) is 5.26 Å². The predicted molar refractivity (Wildman–Crippen MR) is 75.3 cm³/mol. The summed E-state index contributed by atoms with van der Waals surface area (Å²) in [6.07, 6.45) is 0. The van der Waals surface area contributed by atoms with E-state index in [2.05, 4.69) is 5.32 Å². The van der Waals surface area contributed by atoms with Crippen molar-refractivity contribution in [2.45, 2.75) is 13.8 Å². The van der Waals surface area contributed by atoms with E-state index >= 15 is 0 Å². The second-order valence-corrected chi connectivity index (χ2v) is 4.75. The summed E-state index contributed by atoms with van der Waals surface area (Å²) in [5, 5.41) is 12.6. The van der Waals surface area contributed by atoms with Crippen LogP contribution in [-0.4, -0.2) is 0 Å². The first-order valence-electron chi connectivity index (χ1n) is 5.75. The van der Waals surface area contributed by atoms with Gasteiger partial charge in [0.15, 0.2) is 0 Å². The lowest BCUT2D eigenvalue weighted by molar-refractivity contribution is 0.624. The van der Waals surface area contributed by atoms with E-state index in [1.807, 2.05) is 32.0 Å². The molecular formula is C15H12ClFN2. The third-order valence-electron chi connectivity index (χ3n) is 2.82. The van der Waals surface area contributed by atoms with Crippen molar-refractivity contribution in [3.8, 4) is 6.07 Å². The molecule has 0 aliphatic heterocycles. The Bertz CT molecular complexity index is 651. The molecule has 2 rings (SSSR count). The fourth-order valence-electron chi connectivity index (χ4n) is 1.95. The summed E-state index contributed by atoms with van der Waals surface area (Å²) in [5.74, 6) is -0.548. The van der Waals surface area contributed by atoms with Gasteiger partial charge >= 0.3 is 0 Å². The normalized spacial score (nSPS) is 10.1. The van der Waals surface area contributed by atoms with Crippen molar-refractivity contribution in [3.05, 3.63) is 57.9 Å². The van der Waals surface area contributed by atoms with Gasteiger partial charge in [0, 0.05) is 0 Å². The van der Waals surface area contributed by atoms with E-state index in [4.69, 9.17) is 16.9 Å². The van der Waals surface area contributed by atoms with Crippen LogP contribution in [0, 0.1) is 31.0 Å². The maximum Gasteiger partial charge on any atom is 0.143 e. The Balaban J connectivity index is 2.49. The molecule has 2 aromatic rings. The van der Waals surface area contributed by atoms with E-state index in [1.54, 1.807) is 12.1 Å². The minimum Gasteiger partial charge on any atom is -0.353 e. The molecule has 19 heavy (non-hydrogen) atoms. The highest BCUT2D eigenvalue weighted by Gasteiger charge is 2.11. The molecule has 0 fully saturated rings. The average molecular weight is 275 g/mol. The Morgan fingerprint density at radius 2 is 2.00 bits per heavy atom. The number of nitrogens with zero attached hydrogens (tertiary/aromatic N) is 1. The van der Waals surface area contributed by atoms with Gasteiger partial charge in [-0.25, -0.2) is 4.39 Å². The zero-order chi connectivity index (χ0) is 14.0. The van der Waals surface area contributed by atoms with Gasteiger partial charge in [0.05, 0.1) is 16.4 Å². The molecular weight excluding hydrogens is 263 g/mol. The van der Waals surface area contributed by atoms with Crippen LogP contribution in [0.2, 0.25) is 5.02 Å². The second kappa shape index (κ2) is 5.29. The summed E-state index contributed by atoms with van der Waals surface area (Å²) in [6, 6.07) is 10.1. The Labute approximate surface area is 116 Å². The molecule has 0 aliphatic carbocycles. The number of anilines is 2. The van der Waals surface area contributed by atoms with Crippen LogP contribution in [0.5, 0.6) is 0 Å². The van der Waals surface area contributed by atoms with Crippen LogP contribution >= 0.6 is 11.6 Å². The largest absolute Gasteiger partial charge is 0.353 e. The number of aryl methyl sites for hydroxylation is 2. The first-order chi connectivity index (χ1) is 9.02. The maximum atomic E-state index is 13.5. The van der Waals surface area contributed by atoms with Crippen LogP contribution in [0.15, 0.2) is 30.3 Å². The average Bonchev–Trinajstić information content (AvgIpc) is 2.34. The van der Waals surface area contributed by atoms with Crippen molar-refractivity contribution < 1.29 is 4.39 Å². The molecule has 2 aromatic carbocycles. The highest BCUT2D eigenvalue weighted by molar-refractivity contribution is 6.33. The molecule has 0 unspecified atom stereocenters. The molecule has 4 heteroatoms. The number of rotatable bonds is 2.